The van der Waals surface area contributed by atoms with E-state index in [2.05, 4.69) is 23.8 Å². The zero-order chi connectivity index (χ0) is 22.7. The number of carbonyl (C=O) groups excluding carboxylic acids is 1. The molecule has 1 aliphatic rings. The molecule has 1 atom stereocenters. The van der Waals surface area contributed by atoms with Crippen LogP contribution in [0.3, 0.4) is 0 Å². The topological polar surface area (TPSA) is 76.9 Å². The molecule has 0 aliphatic carbocycles. The van der Waals surface area contributed by atoms with Gasteiger partial charge >= 0.3 is 5.97 Å². The lowest BCUT2D eigenvalue weighted by Crippen LogP contribution is -3.10. The van der Waals surface area contributed by atoms with Crippen molar-refractivity contribution < 1.29 is 22.8 Å². The molecule has 32 heavy (non-hydrogen) atoms. The molecule has 2 heterocycles. The number of rotatable bonds is 7. The molecule has 0 saturated heterocycles. The summed E-state index contributed by atoms with van der Waals surface area (Å²) in [5.41, 5.74) is 4.40. The van der Waals surface area contributed by atoms with E-state index in [1.54, 1.807) is 0 Å². The van der Waals surface area contributed by atoms with Crippen molar-refractivity contribution in [1.29, 1.82) is 0 Å². The van der Waals surface area contributed by atoms with Crippen molar-refractivity contribution in [2.75, 3.05) is 13.7 Å². The Morgan fingerprint density at radius 2 is 1.84 bits per heavy atom. The predicted octanol–water partition coefficient (Wildman–Crippen LogP) is 2.46. The van der Waals surface area contributed by atoms with Crippen molar-refractivity contribution in [3.8, 4) is 0 Å². The second kappa shape index (κ2) is 9.54. The standard InChI is InChI=1S/C24H26N2O4S2/c1-17-8-6-7-11-19(17)15-26-13-12-20-21(16-26)31-24(22(20)23(27)30-2)32(28,29)25-14-18-9-4-3-5-10-18/h3-11,25H,12-16H2,1-2H3/p+1. The van der Waals surface area contributed by atoms with E-state index in [-0.39, 0.29) is 16.3 Å². The van der Waals surface area contributed by atoms with Crippen LogP contribution in [0.4, 0.5) is 0 Å². The van der Waals surface area contributed by atoms with Crippen LogP contribution in [0.2, 0.25) is 0 Å². The zero-order valence-corrected chi connectivity index (χ0v) is 19.8. The quantitative estimate of drug-likeness (QED) is 0.519. The SMILES string of the molecule is COC(=O)c1c(S(=O)(=O)NCc2ccccc2)sc2c1CC[NH+](Cc1ccccc1C)C2. The molecule has 2 aromatic carbocycles. The van der Waals surface area contributed by atoms with Gasteiger partial charge in [0.05, 0.1) is 24.1 Å². The second-order valence-corrected chi connectivity index (χ2v) is 11.1. The number of thiophene rings is 1. The first-order valence-electron chi connectivity index (χ1n) is 10.5. The molecule has 1 aliphatic heterocycles. The van der Waals surface area contributed by atoms with Gasteiger partial charge in [-0.3, -0.25) is 0 Å². The van der Waals surface area contributed by atoms with Gasteiger partial charge in [0.1, 0.15) is 17.3 Å². The first-order valence-corrected chi connectivity index (χ1v) is 12.8. The van der Waals surface area contributed by atoms with Gasteiger partial charge in [0.15, 0.2) is 0 Å². The number of carbonyl (C=O) groups is 1. The number of nitrogens with one attached hydrogen (secondary N) is 2. The number of quaternary nitrogens is 1. The Labute approximate surface area is 192 Å². The van der Waals surface area contributed by atoms with Crippen molar-refractivity contribution in [2.45, 2.75) is 37.2 Å². The van der Waals surface area contributed by atoms with E-state index < -0.39 is 16.0 Å². The molecule has 168 valence electrons. The van der Waals surface area contributed by atoms with Crippen molar-refractivity contribution in [2.24, 2.45) is 0 Å². The molecule has 8 heteroatoms. The largest absolute Gasteiger partial charge is 0.465 e. The van der Waals surface area contributed by atoms with Gasteiger partial charge < -0.3 is 9.64 Å². The monoisotopic (exact) mass is 471 g/mol. The lowest BCUT2D eigenvalue weighted by molar-refractivity contribution is -0.929. The maximum atomic E-state index is 13.2. The third-order valence-electron chi connectivity index (χ3n) is 5.84. The van der Waals surface area contributed by atoms with Gasteiger partial charge in [-0.2, -0.15) is 0 Å². The van der Waals surface area contributed by atoms with E-state index >= 15 is 0 Å². The molecule has 3 aromatic rings. The van der Waals surface area contributed by atoms with E-state index in [0.29, 0.717) is 13.0 Å². The van der Waals surface area contributed by atoms with E-state index in [9.17, 15) is 13.2 Å². The van der Waals surface area contributed by atoms with Gasteiger partial charge in [0.25, 0.3) is 10.0 Å². The Morgan fingerprint density at radius 1 is 1.12 bits per heavy atom. The number of benzene rings is 2. The molecule has 0 saturated carbocycles. The van der Waals surface area contributed by atoms with Crippen LogP contribution in [0.5, 0.6) is 0 Å². The average Bonchev–Trinajstić information content (AvgIpc) is 3.19. The molecule has 0 radical (unpaired) electrons. The summed E-state index contributed by atoms with van der Waals surface area (Å²) in [4.78, 5) is 14.9. The highest BCUT2D eigenvalue weighted by molar-refractivity contribution is 7.91. The molecule has 6 nitrogen and oxygen atoms in total. The van der Waals surface area contributed by atoms with Crippen molar-refractivity contribution in [3.05, 3.63) is 87.3 Å². The fourth-order valence-corrected chi connectivity index (χ4v) is 7.09. The number of fused-ring (bicyclic) bond motifs is 1. The molecule has 1 aromatic heterocycles. The highest BCUT2D eigenvalue weighted by atomic mass is 32.2. The number of methoxy groups -OCH3 is 1. The minimum absolute atomic E-state index is 0.0578. The van der Waals surface area contributed by atoms with Crippen molar-refractivity contribution in [1.82, 2.24) is 4.72 Å². The minimum Gasteiger partial charge on any atom is -0.465 e. The summed E-state index contributed by atoms with van der Waals surface area (Å²) in [6.07, 6.45) is 0.645. The van der Waals surface area contributed by atoms with Crippen LogP contribution in [-0.4, -0.2) is 28.0 Å². The molecular formula is C24H27N2O4S2+. The van der Waals surface area contributed by atoms with Crippen LogP contribution in [0.1, 0.15) is 37.5 Å². The number of ether oxygens (including phenoxy) is 1. The number of hydrogen-bond acceptors (Lipinski definition) is 5. The normalized spacial score (nSPS) is 15.9. The summed E-state index contributed by atoms with van der Waals surface area (Å²) in [6.45, 7) is 4.65. The summed E-state index contributed by atoms with van der Waals surface area (Å²) >= 11 is 1.19. The minimum atomic E-state index is -3.86. The molecule has 1 unspecified atom stereocenters. The zero-order valence-electron chi connectivity index (χ0n) is 18.2. The van der Waals surface area contributed by atoms with Crippen LogP contribution in [0.15, 0.2) is 58.8 Å². The summed E-state index contributed by atoms with van der Waals surface area (Å²) in [5.74, 6) is -0.593. The Kier molecular flexibility index (Phi) is 6.76. The summed E-state index contributed by atoms with van der Waals surface area (Å²) in [5, 5.41) is 0. The smallest absolute Gasteiger partial charge is 0.340 e. The number of aryl methyl sites for hydroxylation is 1. The fraction of sp³-hybridized carbons (Fsp3) is 0.292. The summed E-state index contributed by atoms with van der Waals surface area (Å²) < 4.78 is 34.0. The Hall–Kier alpha value is -2.52. The molecule has 4 rings (SSSR count). The van der Waals surface area contributed by atoms with E-state index in [1.165, 1.54) is 34.5 Å². The van der Waals surface area contributed by atoms with Crippen molar-refractivity contribution in [3.63, 3.8) is 0 Å². The van der Waals surface area contributed by atoms with Crippen LogP contribution >= 0.6 is 11.3 Å². The first kappa shape index (κ1) is 22.7. The van der Waals surface area contributed by atoms with Crippen molar-refractivity contribution >= 4 is 27.3 Å². The molecular weight excluding hydrogens is 444 g/mol. The average molecular weight is 472 g/mol. The number of sulfonamides is 1. The Morgan fingerprint density at radius 3 is 2.56 bits per heavy atom. The van der Waals surface area contributed by atoms with Gasteiger partial charge in [0, 0.05) is 18.5 Å². The van der Waals surface area contributed by atoms with Gasteiger partial charge in [-0.1, -0.05) is 54.6 Å². The summed E-state index contributed by atoms with van der Waals surface area (Å²) in [6, 6.07) is 17.6. The second-order valence-electron chi connectivity index (χ2n) is 8.00. The predicted molar refractivity (Wildman–Crippen MR) is 124 cm³/mol. The van der Waals surface area contributed by atoms with E-state index in [1.807, 2.05) is 42.5 Å². The van der Waals surface area contributed by atoms with Crippen LogP contribution < -0.4 is 9.62 Å². The van der Waals surface area contributed by atoms with E-state index in [4.69, 9.17) is 4.74 Å². The van der Waals surface area contributed by atoms with Crippen LogP contribution in [0, 0.1) is 6.92 Å². The maximum Gasteiger partial charge on any atom is 0.340 e. The van der Waals surface area contributed by atoms with Gasteiger partial charge in [-0.15, -0.1) is 11.3 Å². The van der Waals surface area contributed by atoms with Crippen LogP contribution in [0.25, 0.3) is 0 Å². The third-order valence-corrected chi connectivity index (χ3v) is 8.99. The van der Waals surface area contributed by atoms with Crippen LogP contribution in [-0.2, 0) is 40.8 Å². The van der Waals surface area contributed by atoms with Gasteiger partial charge in [-0.05, 0) is 23.6 Å². The number of hydrogen-bond donors (Lipinski definition) is 2. The molecule has 0 fully saturated rings. The number of esters is 1. The highest BCUT2D eigenvalue weighted by Crippen LogP contribution is 2.34. The lowest BCUT2D eigenvalue weighted by atomic mass is 10.0. The Balaban J connectivity index is 1.61. The molecule has 0 amide bonds. The molecule has 2 N–H and O–H groups in total. The first-order chi connectivity index (χ1) is 15.4. The maximum absolute atomic E-state index is 13.2. The highest BCUT2D eigenvalue weighted by Gasteiger charge is 2.35. The van der Waals surface area contributed by atoms with Gasteiger partial charge in [-0.25, -0.2) is 17.9 Å². The molecule has 0 bridgehead atoms. The third kappa shape index (κ3) is 4.78. The molecule has 0 spiro atoms. The lowest BCUT2D eigenvalue weighted by Gasteiger charge is -2.24. The fourth-order valence-electron chi connectivity index (χ4n) is 4.08. The summed E-state index contributed by atoms with van der Waals surface area (Å²) in [7, 11) is -2.57. The Bertz CT molecular complexity index is 1220. The van der Waals surface area contributed by atoms with E-state index in [0.717, 1.165) is 29.1 Å². The van der Waals surface area contributed by atoms with Gasteiger partial charge in [0.2, 0.25) is 0 Å².